The van der Waals surface area contributed by atoms with Crippen molar-refractivity contribution in [3.8, 4) is 17.2 Å². The predicted octanol–water partition coefficient (Wildman–Crippen LogP) is 4.56. The summed E-state index contributed by atoms with van der Waals surface area (Å²) in [6.45, 7) is 4.48. The number of hydrogen-bond acceptors (Lipinski definition) is 5. The smallest absolute Gasteiger partial charge is 0.255 e. The molecule has 1 aromatic heterocycles. The van der Waals surface area contributed by atoms with Gasteiger partial charge in [-0.25, -0.2) is 4.98 Å². The van der Waals surface area contributed by atoms with Crippen molar-refractivity contribution in [2.45, 2.75) is 32.9 Å². The largest absolute Gasteiger partial charge is 0.491 e. The summed E-state index contributed by atoms with van der Waals surface area (Å²) in [5, 5.41) is 2.85. The second-order valence-corrected chi connectivity index (χ2v) is 6.68. The Labute approximate surface area is 170 Å². The van der Waals surface area contributed by atoms with Crippen LogP contribution in [0.5, 0.6) is 17.2 Å². The van der Waals surface area contributed by atoms with Crippen molar-refractivity contribution in [2.75, 3.05) is 5.73 Å². The molecular formula is C23H25N3O3. The van der Waals surface area contributed by atoms with Crippen molar-refractivity contribution >= 4 is 11.7 Å². The fourth-order valence-corrected chi connectivity index (χ4v) is 2.64. The molecule has 1 amide bonds. The van der Waals surface area contributed by atoms with E-state index in [-0.39, 0.29) is 17.8 Å². The van der Waals surface area contributed by atoms with Gasteiger partial charge >= 0.3 is 0 Å². The van der Waals surface area contributed by atoms with Gasteiger partial charge in [0, 0.05) is 12.7 Å². The Bertz CT molecular complexity index is 958. The first-order valence-corrected chi connectivity index (χ1v) is 9.57. The minimum absolute atomic E-state index is 0.177. The van der Waals surface area contributed by atoms with Crippen molar-refractivity contribution in [2.24, 2.45) is 0 Å². The standard InChI is InChI=1S/C23H25N3O3/c1-3-16(2)28-18-9-11-19(12-10-18)29-20-7-4-6-17(14-20)15-26-23(27)21-8-5-13-25-22(21)24/h4-14,16H,3,15H2,1-2H3,(H2,24,25)(H,26,27). The summed E-state index contributed by atoms with van der Waals surface area (Å²) in [6, 6.07) is 18.4. The van der Waals surface area contributed by atoms with Crippen molar-refractivity contribution in [1.82, 2.24) is 10.3 Å². The van der Waals surface area contributed by atoms with Gasteiger partial charge in [-0.15, -0.1) is 0 Å². The molecule has 0 bridgehead atoms. The molecule has 0 saturated carbocycles. The van der Waals surface area contributed by atoms with E-state index in [4.69, 9.17) is 15.2 Å². The monoisotopic (exact) mass is 391 g/mol. The third kappa shape index (κ3) is 5.72. The maximum absolute atomic E-state index is 12.3. The van der Waals surface area contributed by atoms with Crippen LogP contribution in [0.25, 0.3) is 0 Å². The highest BCUT2D eigenvalue weighted by Gasteiger charge is 2.10. The zero-order chi connectivity index (χ0) is 20.6. The minimum Gasteiger partial charge on any atom is -0.491 e. The molecule has 1 unspecified atom stereocenters. The number of nitrogens with two attached hydrogens (primary N) is 1. The van der Waals surface area contributed by atoms with Gasteiger partial charge in [0.05, 0.1) is 11.7 Å². The summed E-state index contributed by atoms with van der Waals surface area (Å²) in [7, 11) is 0. The third-order valence-electron chi connectivity index (χ3n) is 4.41. The lowest BCUT2D eigenvalue weighted by Crippen LogP contribution is -2.24. The van der Waals surface area contributed by atoms with Crippen molar-refractivity contribution in [3.05, 3.63) is 78.0 Å². The molecule has 6 nitrogen and oxygen atoms in total. The highest BCUT2D eigenvalue weighted by Crippen LogP contribution is 2.25. The van der Waals surface area contributed by atoms with E-state index in [2.05, 4.69) is 17.2 Å². The second kappa shape index (κ2) is 9.59. The zero-order valence-corrected chi connectivity index (χ0v) is 16.6. The first-order chi connectivity index (χ1) is 14.0. The van der Waals surface area contributed by atoms with Crippen molar-refractivity contribution in [1.29, 1.82) is 0 Å². The Balaban J connectivity index is 1.59. The lowest BCUT2D eigenvalue weighted by atomic mass is 10.2. The summed E-state index contributed by atoms with van der Waals surface area (Å²) in [6.07, 6.45) is 2.68. The van der Waals surface area contributed by atoms with E-state index in [1.807, 2.05) is 55.5 Å². The van der Waals surface area contributed by atoms with E-state index in [1.54, 1.807) is 18.3 Å². The van der Waals surface area contributed by atoms with Gasteiger partial charge in [0.25, 0.3) is 5.91 Å². The van der Waals surface area contributed by atoms with Crippen LogP contribution in [0.4, 0.5) is 5.82 Å². The van der Waals surface area contributed by atoms with Gasteiger partial charge in [0.15, 0.2) is 0 Å². The maximum Gasteiger partial charge on any atom is 0.255 e. The number of ether oxygens (including phenoxy) is 2. The highest BCUT2D eigenvalue weighted by atomic mass is 16.5. The molecule has 0 saturated heterocycles. The van der Waals surface area contributed by atoms with Gasteiger partial charge in [-0.2, -0.15) is 0 Å². The molecule has 29 heavy (non-hydrogen) atoms. The van der Waals surface area contributed by atoms with Crippen LogP contribution in [-0.2, 0) is 6.54 Å². The molecule has 0 spiro atoms. The lowest BCUT2D eigenvalue weighted by Gasteiger charge is -2.13. The zero-order valence-electron chi connectivity index (χ0n) is 16.6. The first-order valence-electron chi connectivity index (χ1n) is 9.57. The topological polar surface area (TPSA) is 86.5 Å². The molecule has 0 radical (unpaired) electrons. The average molecular weight is 391 g/mol. The number of nitrogens with one attached hydrogen (secondary N) is 1. The number of benzene rings is 2. The predicted molar refractivity (Wildman–Crippen MR) is 113 cm³/mol. The van der Waals surface area contributed by atoms with Crippen LogP contribution in [0.15, 0.2) is 66.9 Å². The normalized spacial score (nSPS) is 11.5. The average Bonchev–Trinajstić information content (AvgIpc) is 2.74. The van der Waals surface area contributed by atoms with Gasteiger partial charge < -0.3 is 20.5 Å². The molecule has 6 heteroatoms. The third-order valence-corrected chi connectivity index (χ3v) is 4.41. The van der Waals surface area contributed by atoms with Gasteiger partial charge in [0.2, 0.25) is 0 Å². The molecule has 0 aliphatic carbocycles. The molecule has 0 aliphatic heterocycles. The molecule has 2 aromatic carbocycles. The van der Waals surface area contributed by atoms with Crippen molar-refractivity contribution < 1.29 is 14.3 Å². The number of hydrogen-bond donors (Lipinski definition) is 2. The quantitative estimate of drug-likeness (QED) is 0.588. The lowest BCUT2D eigenvalue weighted by molar-refractivity contribution is 0.0951. The number of rotatable bonds is 8. The number of nitrogen functional groups attached to an aromatic ring is 1. The molecular weight excluding hydrogens is 366 g/mol. The van der Waals surface area contributed by atoms with E-state index in [9.17, 15) is 4.79 Å². The molecule has 150 valence electrons. The van der Waals surface area contributed by atoms with E-state index in [1.165, 1.54) is 0 Å². The number of nitrogens with zero attached hydrogens (tertiary/aromatic N) is 1. The van der Waals surface area contributed by atoms with Crippen LogP contribution in [-0.4, -0.2) is 17.0 Å². The van der Waals surface area contributed by atoms with Gasteiger partial charge in [-0.3, -0.25) is 4.79 Å². The molecule has 3 rings (SSSR count). The van der Waals surface area contributed by atoms with Crippen LogP contribution in [0, 0.1) is 0 Å². The van der Waals surface area contributed by atoms with Crippen LogP contribution in [0.1, 0.15) is 36.2 Å². The number of aromatic nitrogens is 1. The van der Waals surface area contributed by atoms with Crippen molar-refractivity contribution in [3.63, 3.8) is 0 Å². The Hall–Kier alpha value is -3.54. The Morgan fingerprint density at radius 2 is 1.83 bits per heavy atom. The maximum atomic E-state index is 12.3. The summed E-state index contributed by atoms with van der Waals surface area (Å²) in [5.41, 5.74) is 7.02. The molecule has 3 N–H and O–H groups in total. The van der Waals surface area contributed by atoms with Crippen LogP contribution < -0.4 is 20.5 Å². The van der Waals surface area contributed by atoms with Crippen LogP contribution in [0.3, 0.4) is 0 Å². The number of pyridine rings is 1. The Morgan fingerprint density at radius 1 is 1.07 bits per heavy atom. The molecule has 3 aromatic rings. The van der Waals surface area contributed by atoms with E-state index in [0.29, 0.717) is 23.6 Å². The molecule has 0 aliphatic rings. The Morgan fingerprint density at radius 3 is 2.55 bits per heavy atom. The summed E-state index contributed by atoms with van der Waals surface area (Å²) in [4.78, 5) is 16.2. The van der Waals surface area contributed by atoms with Gasteiger partial charge in [0.1, 0.15) is 23.1 Å². The summed E-state index contributed by atoms with van der Waals surface area (Å²) < 4.78 is 11.7. The van der Waals surface area contributed by atoms with Crippen LogP contribution in [0.2, 0.25) is 0 Å². The second-order valence-electron chi connectivity index (χ2n) is 6.68. The fraction of sp³-hybridized carbons (Fsp3) is 0.217. The number of carbonyl (C=O) groups excluding carboxylic acids is 1. The number of amides is 1. The van der Waals surface area contributed by atoms with Crippen LogP contribution >= 0.6 is 0 Å². The first kappa shape index (κ1) is 20.2. The minimum atomic E-state index is -0.265. The van der Waals surface area contributed by atoms with E-state index < -0.39 is 0 Å². The van der Waals surface area contributed by atoms with Gasteiger partial charge in [-0.1, -0.05) is 19.1 Å². The summed E-state index contributed by atoms with van der Waals surface area (Å²) >= 11 is 0. The number of anilines is 1. The highest BCUT2D eigenvalue weighted by molar-refractivity contribution is 5.98. The Kier molecular flexibility index (Phi) is 6.68. The molecule has 0 fully saturated rings. The van der Waals surface area contributed by atoms with Gasteiger partial charge in [-0.05, 0) is 67.4 Å². The molecule has 1 heterocycles. The fourth-order valence-electron chi connectivity index (χ4n) is 2.64. The SMILES string of the molecule is CCC(C)Oc1ccc(Oc2cccc(CNC(=O)c3cccnc3N)c2)cc1. The summed E-state index contributed by atoms with van der Waals surface area (Å²) in [5.74, 6) is 2.17. The van der Waals surface area contributed by atoms with E-state index in [0.717, 1.165) is 17.7 Å². The molecule has 1 atom stereocenters. The van der Waals surface area contributed by atoms with E-state index >= 15 is 0 Å². The number of carbonyl (C=O) groups is 1.